The van der Waals surface area contributed by atoms with Gasteiger partial charge in [-0.15, -0.1) is 0 Å². The molecule has 4 heteroatoms. The van der Waals surface area contributed by atoms with Gasteiger partial charge in [-0.05, 0) is 90.6 Å². The van der Waals surface area contributed by atoms with Crippen molar-refractivity contribution in [1.82, 2.24) is 4.57 Å². The second kappa shape index (κ2) is 12.4. The number of rotatable bonds is 11. The van der Waals surface area contributed by atoms with E-state index in [9.17, 15) is 9.90 Å². The largest absolute Gasteiger partial charge is 0.489 e. The van der Waals surface area contributed by atoms with Crippen molar-refractivity contribution in [1.29, 1.82) is 0 Å². The molecule has 0 bridgehead atoms. The molecular weight excluding hydrogens is 410 g/mol. The van der Waals surface area contributed by atoms with Crippen molar-refractivity contribution in [2.75, 3.05) is 13.2 Å². The maximum absolute atomic E-state index is 12.9. The van der Waals surface area contributed by atoms with Gasteiger partial charge in [0.15, 0.2) is 0 Å². The maximum atomic E-state index is 12.9. The Morgan fingerprint density at radius 2 is 1.85 bits per heavy atom. The topological polar surface area (TPSA) is 51.5 Å². The van der Waals surface area contributed by atoms with Crippen molar-refractivity contribution >= 4 is 0 Å². The molecule has 1 N–H and O–H groups in total. The summed E-state index contributed by atoms with van der Waals surface area (Å²) >= 11 is 0. The molecule has 0 saturated heterocycles. The van der Waals surface area contributed by atoms with Gasteiger partial charge < -0.3 is 14.4 Å². The van der Waals surface area contributed by atoms with Gasteiger partial charge in [-0.3, -0.25) is 4.79 Å². The standard InChI is InChI=1S/C29H45NO3/c1-21(2)10-8-11-23(5)12-13-24-18-25-26(20-29(24,6)7)30(15-9-16-31)28(32)19-27(25)33-17-14-22(3)4/h10,12,14,19,24,31H,8-9,11,13,15-18,20H2,1-7H3/b23-12+. The van der Waals surface area contributed by atoms with E-state index in [1.807, 2.05) is 10.6 Å². The summed E-state index contributed by atoms with van der Waals surface area (Å²) in [5.41, 5.74) is 6.34. The van der Waals surface area contributed by atoms with Crippen LogP contribution in [0.3, 0.4) is 0 Å². The molecule has 2 rings (SSSR count). The Hall–Kier alpha value is -2.07. The predicted octanol–water partition coefficient (Wildman–Crippen LogP) is 6.40. The van der Waals surface area contributed by atoms with E-state index in [1.165, 1.54) is 22.3 Å². The smallest absolute Gasteiger partial charge is 0.254 e. The first kappa shape index (κ1) is 27.2. The summed E-state index contributed by atoms with van der Waals surface area (Å²) in [7, 11) is 0. The Balaban J connectivity index is 2.34. The van der Waals surface area contributed by atoms with Crippen LogP contribution in [0, 0.1) is 11.3 Å². The minimum absolute atomic E-state index is 0.0290. The van der Waals surface area contributed by atoms with Gasteiger partial charge in [-0.2, -0.15) is 0 Å². The van der Waals surface area contributed by atoms with Crippen LogP contribution in [0.1, 0.15) is 85.4 Å². The maximum Gasteiger partial charge on any atom is 0.254 e. The van der Waals surface area contributed by atoms with Crippen LogP contribution in [0.2, 0.25) is 0 Å². The van der Waals surface area contributed by atoms with Crippen molar-refractivity contribution in [2.45, 2.75) is 93.5 Å². The number of ether oxygens (including phenoxy) is 1. The normalized spacial score (nSPS) is 17.3. The van der Waals surface area contributed by atoms with Crippen LogP contribution in [-0.2, 0) is 19.4 Å². The van der Waals surface area contributed by atoms with E-state index in [0.717, 1.165) is 43.5 Å². The Kier molecular flexibility index (Phi) is 10.2. The Morgan fingerprint density at radius 3 is 2.48 bits per heavy atom. The third kappa shape index (κ3) is 8.03. The monoisotopic (exact) mass is 455 g/mol. The first-order chi connectivity index (χ1) is 15.5. The summed E-state index contributed by atoms with van der Waals surface area (Å²) < 4.78 is 7.98. The highest BCUT2D eigenvalue weighted by molar-refractivity contribution is 5.40. The molecule has 1 aromatic rings. The van der Waals surface area contributed by atoms with Crippen LogP contribution in [0.25, 0.3) is 0 Å². The van der Waals surface area contributed by atoms with E-state index < -0.39 is 0 Å². The van der Waals surface area contributed by atoms with E-state index in [1.54, 1.807) is 6.07 Å². The lowest BCUT2D eigenvalue weighted by atomic mass is 9.66. The lowest BCUT2D eigenvalue weighted by molar-refractivity contribution is 0.183. The van der Waals surface area contributed by atoms with Gasteiger partial charge in [0, 0.05) is 30.5 Å². The van der Waals surface area contributed by atoms with Crippen molar-refractivity contribution in [3.8, 4) is 5.75 Å². The van der Waals surface area contributed by atoms with Gasteiger partial charge >= 0.3 is 0 Å². The van der Waals surface area contributed by atoms with E-state index in [4.69, 9.17) is 4.74 Å². The average molecular weight is 456 g/mol. The van der Waals surface area contributed by atoms with E-state index in [-0.39, 0.29) is 17.6 Å². The number of nitrogens with zero attached hydrogens (tertiary/aromatic N) is 1. The van der Waals surface area contributed by atoms with E-state index in [2.05, 4.69) is 60.6 Å². The molecule has 1 heterocycles. The highest BCUT2D eigenvalue weighted by atomic mass is 16.5. The highest BCUT2D eigenvalue weighted by Gasteiger charge is 2.37. The van der Waals surface area contributed by atoms with Crippen molar-refractivity contribution in [3.05, 3.63) is 62.6 Å². The minimum Gasteiger partial charge on any atom is -0.489 e. The number of aliphatic hydroxyl groups excluding tert-OH is 1. The van der Waals surface area contributed by atoms with Gasteiger partial charge in [0.25, 0.3) is 5.56 Å². The highest BCUT2D eigenvalue weighted by Crippen LogP contribution is 2.44. The van der Waals surface area contributed by atoms with Gasteiger partial charge in [0.1, 0.15) is 12.4 Å². The SMILES string of the molecule is CC(C)=CCC/C(C)=C/CC1Cc2c(OCC=C(C)C)cc(=O)n(CCCO)c2CC1(C)C. The van der Waals surface area contributed by atoms with Crippen molar-refractivity contribution in [2.24, 2.45) is 11.3 Å². The second-order valence-corrected chi connectivity index (χ2v) is 10.8. The molecule has 1 aliphatic rings. The summed E-state index contributed by atoms with van der Waals surface area (Å²) in [6.07, 6.45) is 12.3. The summed E-state index contributed by atoms with van der Waals surface area (Å²) in [5.74, 6) is 1.22. The van der Waals surface area contributed by atoms with Gasteiger partial charge in [-0.1, -0.05) is 42.7 Å². The third-order valence-corrected chi connectivity index (χ3v) is 6.78. The van der Waals surface area contributed by atoms with Gasteiger partial charge in [0.2, 0.25) is 0 Å². The zero-order valence-electron chi connectivity index (χ0n) is 22.0. The minimum atomic E-state index is -0.0290. The first-order valence-corrected chi connectivity index (χ1v) is 12.5. The van der Waals surface area contributed by atoms with Crippen molar-refractivity contribution < 1.29 is 9.84 Å². The fraction of sp³-hybridized carbons (Fsp3) is 0.621. The van der Waals surface area contributed by atoms with Crippen LogP contribution in [0.5, 0.6) is 5.75 Å². The molecule has 0 aromatic carbocycles. The molecule has 184 valence electrons. The molecule has 0 aliphatic heterocycles. The molecule has 4 nitrogen and oxygen atoms in total. The van der Waals surface area contributed by atoms with Crippen LogP contribution >= 0.6 is 0 Å². The summed E-state index contributed by atoms with van der Waals surface area (Å²) in [6, 6.07) is 1.66. The number of hydrogen-bond donors (Lipinski definition) is 1. The lowest BCUT2D eigenvalue weighted by Gasteiger charge is -2.41. The predicted molar refractivity (Wildman–Crippen MR) is 139 cm³/mol. The quantitative estimate of drug-likeness (QED) is 0.393. The Bertz CT molecular complexity index is 938. The lowest BCUT2D eigenvalue weighted by Crippen LogP contribution is -2.38. The fourth-order valence-electron chi connectivity index (χ4n) is 4.57. The molecule has 33 heavy (non-hydrogen) atoms. The molecule has 1 aromatic heterocycles. The Labute approximate surface area is 201 Å². The molecule has 0 spiro atoms. The Morgan fingerprint density at radius 1 is 1.15 bits per heavy atom. The molecule has 0 amide bonds. The molecule has 1 atom stereocenters. The summed E-state index contributed by atoms with van der Waals surface area (Å²) in [5, 5.41) is 9.35. The molecular formula is C29H45NO3. The molecule has 1 aliphatic carbocycles. The van der Waals surface area contributed by atoms with Gasteiger partial charge in [-0.25, -0.2) is 0 Å². The number of allylic oxidation sites excluding steroid dienone is 5. The molecule has 0 fully saturated rings. The fourth-order valence-corrected chi connectivity index (χ4v) is 4.57. The van der Waals surface area contributed by atoms with Crippen molar-refractivity contribution in [3.63, 3.8) is 0 Å². The zero-order chi connectivity index (χ0) is 24.6. The number of hydrogen-bond acceptors (Lipinski definition) is 3. The number of fused-ring (bicyclic) bond motifs is 1. The number of aliphatic hydroxyl groups is 1. The van der Waals surface area contributed by atoms with Crippen LogP contribution in [-0.4, -0.2) is 22.9 Å². The van der Waals surface area contributed by atoms with E-state index in [0.29, 0.717) is 25.5 Å². The van der Waals surface area contributed by atoms with Crippen LogP contribution in [0.15, 0.2) is 45.8 Å². The zero-order valence-corrected chi connectivity index (χ0v) is 22.0. The van der Waals surface area contributed by atoms with Crippen LogP contribution < -0.4 is 10.3 Å². The third-order valence-electron chi connectivity index (χ3n) is 6.78. The molecule has 0 saturated carbocycles. The van der Waals surface area contributed by atoms with Gasteiger partial charge in [0.05, 0.1) is 0 Å². The average Bonchev–Trinajstić information content (AvgIpc) is 2.71. The van der Waals surface area contributed by atoms with Crippen LogP contribution in [0.4, 0.5) is 0 Å². The number of pyridine rings is 1. The summed E-state index contributed by atoms with van der Waals surface area (Å²) in [6.45, 7) is 16.4. The van der Waals surface area contributed by atoms with E-state index >= 15 is 0 Å². The first-order valence-electron chi connectivity index (χ1n) is 12.5. The molecule has 0 radical (unpaired) electrons. The second-order valence-electron chi connectivity index (χ2n) is 10.8. The number of aromatic nitrogens is 1. The summed E-state index contributed by atoms with van der Waals surface area (Å²) in [4.78, 5) is 12.9. The molecule has 1 unspecified atom stereocenters.